The molecule has 0 bridgehead atoms. The zero-order valence-corrected chi connectivity index (χ0v) is 10.8. The van der Waals surface area contributed by atoms with Gasteiger partial charge in [-0.3, -0.25) is 24.7 Å². The van der Waals surface area contributed by atoms with E-state index in [1.54, 1.807) is 26.0 Å². The summed E-state index contributed by atoms with van der Waals surface area (Å²) in [6.45, 7) is 3.46. The van der Waals surface area contributed by atoms with Crippen LogP contribution in [-0.2, 0) is 9.59 Å². The van der Waals surface area contributed by atoms with Gasteiger partial charge in [-0.1, -0.05) is 13.0 Å². The summed E-state index contributed by atoms with van der Waals surface area (Å²) in [5, 5.41) is 2.24. The van der Waals surface area contributed by atoms with Gasteiger partial charge in [0.25, 0.3) is 5.91 Å². The first-order chi connectivity index (χ1) is 9.04. The number of hydrogen-bond donors (Lipinski definition) is 1. The molecule has 100 valence electrons. The molecule has 0 aromatic carbocycles. The number of carbonyl (C=O) groups excluding carboxylic acids is 3. The number of pyridine rings is 1. The van der Waals surface area contributed by atoms with Crippen molar-refractivity contribution in [3.05, 3.63) is 29.6 Å². The lowest BCUT2D eigenvalue weighted by Gasteiger charge is -2.33. The van der Waals surface area contributed by atoms with Gasteiger partial charge < -0.3 is 4.90 Å². The Balaban J connectivity index is 2.33. The normalized spacial score (nSPS) is 19.3. The molecular weight excluding hydrogens is 246 g/mol. The Labute approximate surface area is 110 Å². The summed E-state index contributed by atoms with van der Waals surface area (Å²) in [5.41, 5.74) is 1.00. The molecule has 0 saturated carbocycles. The number of nitrogens with one attached hydrogen (secondary N) is 1. The van der Waals surface area contributed by atoms with Gasteiger partial charge in [-0.2, -0.15) is 0 Å². The fourth-order valence-electron chi connectivity index (χ4n) is 2.13. The zero-order chi connectivity index (χ0) is 14.0. The summed E-state index contributed by atoms with van der Waals surface area (Å²) in [5.74, 6) is -1.27. The first kappa shape index (κ1) is 13.2. The van der Waals surface area contributed by atoms with Crippen LogP contribution in [0.3, 0.4) is 0 Å². The van der Waals surface area contributed by atoms with Crippen molar-refractivity contribution in [2.24, 2.45) is 0 Å². The van der Waals surface area contributed by atoms with Crippen LogP contribution in [0, 0.1) is 6.92 Å². The Morgan fingerprint density at radius 2 is 2.26 bits per heavy atom. The third-order valence-corrected chi connectivity index (χ3v) is 3.12. The number of hydrogen-bond acceptors (Lipinski definition) is 4. The fraction of sp³-hybridized carbons (Fsp3) is 0.385. The van der Waals surface area contributed by atoms with Crippen LogP contribution in [0.2, 0.25) is 0 Å². The van der Waals surface area contributed by atoms with Crippen molar-refractivity contribution < 1.29 is 14.4 Å². The summed E-state index contributed by atoms with van der Waals surface area (Å²) >= 11 is 0. The molecule has 3 amide bonds. The Bertz CT molecular complexity index is 542. The third-order valence-electron chi connectivity index (χ3n) is 3.12. The molecular formula is C13H15N3O3. The van der Waals surface area contributed by atoms with Gasteiger partial charge in [0.15, 0.2) is 0 Å². The van der Waals surface area contributed by atoms with Gasteiger partial charge in [0.1, 0.15) is 18.3 Å². The molecule has 1 aromatic rings. The average Bonchev–Trinajstić information content (AvgIpc) is 2.37. The van der Waals surface area contributed by atoms with E-state index in [9.17, 15) is 14.4 Å². The first-order valence-corrected chi connectivity index (χ1v) is 6.11. The van der Waals surface area contributed by atoms with Gasteiger partial charge in [-0.15, -0.1) is 0 Å². The van der Waals surface area contributed by atoms with Crippen molar-refractivity contribution in [2.75, 3.05) is 6.54 Å². The van der Waals surface area contributed by atoms with E-state index in [-0.39, 0.29) is 18.1 Å². The molecule has 1 fully saturated rings. The molecule has 1 aliphatic heterocycles. The van der Waals surface area contributed by atoms with E-state index in [1.165, 1.54) is 11.1 Å². The van der Waals surface area contributed by atoms with Gasteiger partial charge in [0, 0.05) is 6.20 Å². The number of nitrogens with zero attached hydrogens (tertiary/aromatic N) is 2. The molecule has 1 aromatic heterocycles. The van der Waals surface area contributed by atoms with Crippen molar-refractivity contribution in [3.8, 4) is 0 Å². The molecule has 19 heavy (non-hydrogen) atoms. The van der Waals surface area contributed by atoms with Gasteiger partial charge in [0.05, 0.1) is 0 Å². The van der Waals surface area contributed by atoms with Crippen LogP contribution in [0.4, 0.5) is 0 Å². The smallest absolute Gasteiger partial charge is 0.273 e. The Hall–Kier alpha value is -2.24. The summed E-state index contributed by atoms with van der Waals surface area (Å²) in [6.07, 6.45) is 1.98. The van der Waals surface area contributed by atoms with Crippen LogP contribution in [0.15, 0.2) is 18.3 Å². The van der Waals surface area contributed by atoms with Crippen LogP contribution in [0.5, 0.6) is 0 Å². The zero-order valence-electron chi connectivity index (χ0n) is 10.8. The number of rotatable bonds is 2. The molecule has 1 atom stereocenters. The molecule has 6 nitrogen and oxygen atoms in total. The third kappa shape index (κ3) is 2.47. The minimum absolute atomic E-state index is 0.112. The number of aromatic nitrogens is 1. The van der Waals surface area contributed by atoms with Crippen molar-refractivity contribution >= 4 is 17.7 Å². The lowest BCUT2D eigenvalue weighted by Crippen LogP contribution is -2.59. The van der Waals surface area contributed by atoms with Crippen molar-refractivity contribution in [1.82, 2.24) is 15.2 Å². The molecule has 0 spiro atoms. The largest absolute Gasteiger partial charge is 0.316 e. The molecule has 1 unspecified atom stereocenters. The number of amides is 3. The van der Waals surface area contributed by atoms with Crippen LogP contribution in [-0.4, -0.2) is 40.2 Å². The average molecular weight is 261 g/mol. The quantitative estimate of drug-likeness (QED) is 0.775. The van der Waals surface area contributed by atoms with E-state index in [0.29, 0.717) is 6.42 Å². The van der Waals surface area contributed by atoms with E-state index in [0.717, 1.165) is 5.56 Å². The molecule has 2 heterocycles. The summed E-state index contributed by atoms with van der Waals surface area (Å²) < 4.78 is 0. The Morgan fingerprint density at radius 3 is 2.89 bits per heavy atom. The number of imide groups is 1. The van der Waals surface area contributed by atoms with E-state index in [1.807, 2.05) is 0 Å². The van der Waals surface area contributed by atoms with E-state index >= 15 is 0 Å². The maximum absolute atomic E-state index is 12.4. The van der Waals surface area contributed by atoms with E-state index in [2.05, 4.69) is 10.3 Å². The minimum Gasteiger partial charge on any atom is -0.316 e. The van der Waals surface area contributed by atoms with Crippen LogP contribution in [0.25, 0.3) is 0 Å². The second-order valence-electron chi connectivity index (χ2n) is 4.44. The standard InChI is InChI=1S/C13H15N3O3/c1-3-9-12(18)15-10(17)7-16(9)13(19)11-8(2)5-4-6-14-11/h4-6,9H,3,7H2,1-2H3,(H,15,17,18). The first-order valence-electron chi connectivity index (χ1n) is 6.11. The highest BCUT2D eigenvalue weighted by atomic mass is 16.2. The Morgan fingerprint density at radius 1 is 1.53 bits per heavy atom. The summed E-state index contributed by atoms with van der Waals surface area (Å²) in [4.78, 5) is 40.9. The highest BCUT2D eigenvalue weighted by Crippen LogP contribution is 2.15. The Kier molecular flexibility index (Phi) is 3.59. The van der Waals surface area contributed by atoms with Crippen molar-refractivity contribution in [3.63, 3.8) is 0 Å². The second kappa shape index (κ2) is 5.17. The van der Waals surface area contributed by atoms with E-state index in [4.69, 9.17) is 0 Å². The minimum atomic E-state index is -0.619. The monoisotopic (exact) mass is 261 g/mol. The molecule has 2 rings (SSSR count). The SMILES string of the molecule is CCC1C(=O)NC(=O)CN1C(=O)c1ncccc1C. The lowest BCUT2D eigenvalue weighted by atomic mass is 10.1. The van der Waals surface area contributed by atoms with E-state index < -0.39 is 17.9 Å². The maximum Gasteiger partial charge on any atom is 0.273 e. The molecule has 0 aliphatic carbocycles. The van der Waals surface area contributed by atoms with Crippen LogP contribution >= 0.6 is 0 Å². The highest BCUT2D eigenvalue weighted by molar-refractivity contribution is 6.07. The van der Waals surface area contributed by atoms with Gasteiger partial charge >= 0.3 is 0 Å². The van der Waals surface area contributed by atoms with Crippen LogP contribution < -0.4 is 5.32 Å². The maximum atomic E-state index is 12.4. The number of aryl methyl sites for hydroxylation is 1. The van der Waals surface area contributed by atoms with Gasteiger partial charge in [-0.05, 0) is 25.0 Å². The number of piperazine rings is 1. The van der Waals surface area contributed by atoms with Crippen LogP contribution in [0.1, 0.15) is 29.4 Å². The predicted molar refractivity (Wildman–Crippen MR) is 67.2 cm³/mol. The summed E-state index contributed by atoms with van der Waals surface area (Å²) in [6, 6.07) is 2.89. The lowest BCUT2D eigenvalue weighted by molar-refractivity contribution is -0.138. The molecule has 6 heteroatoms. The van der Waals surface area contributed by atoms with Gasteiger partial charge in [0.2, 0.25) is 11.8 Å². The second-order valence-corrected chi connectivity index (χ2v) is 4.44. The summed E-state index contributed by atoms with van der Waals surface area (Å²) in [7, 11) is 0. The molecule has 1 saturated heterocycles. The topological polar surface area (TPSA) is 79.4 Å². The fourth-order valence-corrected chi connectivity index (χ4v) is 2.13. The van der Waals surface area contributed by atoms with Crippen molar-refractivity contribution in [1.29, 1.82) is 0 Å². The molecule has 1 N–H and O–H groups in total. The molecule has 0 radical (unpaired) electrons. The predicted octanol–water partition coefficient (Wildman–Crippen LogP) is 0.267. The molecule has 1 aliphatic rings. The number of carbonyl (C=O) groups is 3. The van der Waals surface area contributed by atoms with Crippen molar-refractivity contribution in [2.45, 2.75) is 26.3 Å². The van der Waals surface area contributed by atoms with Gasteiger partial charge in [-0.25, -0.2) is 0 Å². The highest BCUT2D eigenvalue weighted by Gasteiger charge is 2.36.